The minimum absolute atomic E-state index is 0.173. The van der Waals surface area contributed by atoms with Crippen LogP contribution in [0.25, 0.3) is 39.8 Å². The predicted octanol–water partition coefficient (Wildman–Crippen LogP) is 4.27. The van der Waals surface area contributed by atoms with Crippen LogP contribution in [-0.2, 0) is 6.54 Å². The molecule has 7 rings (SSSR count). The molecule has 0 radical (unpaired) electrons. The predicted molar refractivity (Wildman–Crippen MR) is 173 cm³/mol. The van der Waals surface area contributed by atoms with Crippen molar-refractivity contribution in [2.75, 3.05) is 31.2 Å². The minimum Gasteiger partial charge on any atom is -0.495 e. The number of nitrogen functional groups attached to an aromatic ring is 1. The molecular weight excluding hydrogens is 580 g/mol. The second-order valence-electron chi connectivity index (χ2n) is 10.9. The fraction of sp³-hybridized carbons (Fsp3) is 0.212. The molecule has 1 aliphatic heterocycles. The molecule has 0 saturated carbocycles. The Morgan fingerprint density at radius 1 is 0.891 bits per heavy atom. The lowest BCUT2D eigenvalue weighted by Gasteiger charge is -2.32. The smallest absolute Gasteiger partial charge is 0.234 e. The molecule has 0 aliphatic carbocycles. The lowest BCUT2D eigenvalue weighted by Crippen LogP contribution is -2.38. The minimum atomic E-state index is 0.173. The van der Waals surface area contributed by atoms with Crippen LogP contribution in [0.3, 0.4) is 0 Å². The van der Waals surface area contributed by atoms with Gasteiger partial charge >= 0.3 is 0 Å². The number of aromatic nitrogens is 8. The number of nitriles is 1. The molecule has 46 heavy (non-hydrogen) atoms. The van der Waals surface area contributed by atoms with E-state index in [0.29, 0.717) is 51.7 Å². The molecule has 0 atom stereocenters. The van der Waals surface area contributed by atoms with Crippen LogP contribution in [0.2, 0.25) is 0 Å². The van der Waals surface area contributed by atoms with Gasteiger partial charge in [0.1, 0.15) is 28.8 Å². The number of benzene rings is 1. The number of methoxy groups -OCH3 is 1. The molecule has 3 N–H and O–H groups in total. The first-order chi connectivity index (χ1) is 22.6. The van der Waals surface area contributed by atoms with Crippen LogP contribution in [0.1, 0.15) is 24.2 Å². The Kier molecular flexibility index (Phi) is 7.84. The summed E-state index contributed by atoms with van der Waals surface area (Å²) >= 11 is 0. The summed E-state index contributed by atoms with van der Waals surface area (Å²) in [5.41, 5.74) is 11.6. The van der Waals surface area contributed by atoms with Gasteiger partial charge in [-0.3, -0.25) is 14.5 Å². The molecular formula is C33H30N12O. The summed E-state index contributed by atoms with van der Waals surface area (Å²) in [5.74, 6) is 2.38. The van der Waals surface area contributed by atoms with Crippen LogP contribution >= 0.6 is 0 Å². The summed E-state index contributed by atoms with van der Waals surface area (Å²) in [6, 6.07) is 20.1. The second kappa shape index (κ2) is 12.5. The highest BCUT2D eigenvalue weighted by molar-refractivity contribution is 5.83. The number of anilines is 2. The average Bonchev–Trinajstić information content (AvgIpc) is 3.48. The Hall–Kier alpha value is -6.00. The van der Waals surface area contributed by atoms with Gasteiger partial charge in [-0.15, -0.1) is 0 Å². The maximum atomic E-state index is 9.07. The van der Waals surface area contributed by atoms with Gasteiger partial charge in [-0.1, -0.05) is 12.1 Å². The van der Waals surface area contributed by atoms with Gasteiger partial charge < -0.3 is 15.8 Å². The van der Waals surface area contributed by atoms with Gasteiger partial charge in [0.2, 0.25) is 5.82 Å². The largest absolute Gasteiger partial charge is 0.495 e. The van der Waals surface area contributed by atoms with Crippen molar-refractivity contribution in [2.24, 2.45) is 0 Å². The van der Waals surface area contributed by atoms with Gasteiger partial charge in [-0.05, 0) is 60.9 Å². The molecule has 1 fully saturated rings. The van der Waals surface area contributed by atoms with E-state index in [1.54, 1.807) is 38.0 Å². The summed E-state index contributed by atoms with van der Waals surface area (Å²) in [6.45, 7) is 2.73. The van der Waals surface area contributed by atoms with Gasteiger partial charge in [0.15, 0.2) is 17.3 Å². The number of pyridine rings is 2. The SMILES string of the molecule is COc1ccc(-c2ccc3nc(-c4nccnc4N)n(-c4ccc(CN5CCC(Nc6ccnc(C#N)n6)CC5)cc4)c3n2)nc1. The molecule has 0 bridgehead atoms. The molecule has 0 unspecified atom stereocenters. The fourth-order valence-electron chi connectivity index (χ4n) is 5.62. The summed E-state index contributed by atoms with van der Waals surface area (Å²) in [5, 5.41) is 12.5. The van der Waals surface area contributed by atoms with E-state index in [1.165, 1.54) is 5.56 Å². The number of nitrogens with two attached hydrogens (primary N) is 1. The third-order valence-corrected chi connectivity index (χ3v) is 7.97. The Labute approximate surface area is 264 Å². The summed E-state index contributed by atoms with van der Waals surface area (Å²) in [6.07, 6.45) is 8.40. The zero-order valence-electron chi connectivity index (χ0n) is 25.1. The van der Waals surface area contributed by atoms with Gasteiger partial charge in [0, 0.05) is 50.0 Å². The second-order valence-corrected chi connectivity index (χ2v) is 10.9. The maximum absolute atomic E-state index is 9.07. The Morgan fingerprint density at radius 2 is 1.70 bits per heavy atom. The fourth-order valence-corrected chi connectivity index (χ4v) is 5.62. The van der Waals surface area contributed by atoms with E-state index in [9.17, 15) is 0 Å². The quantitative estimate of drug-likeness (QED) is 0.251. The molecule has 13 heteroatoms. The highest BCUT2D eigenvalue weighted by Crippen LogP contribution is 2.31. The molecule has 0 amide bonds. The average molecular weight is 611 g/mol. The lowest BCUT2D eigenvalue weighted by atomic mass is 10.0. The third-order valence-electron chi connectivity index (χ3n) is 7.97. The van der Waals surface area contributed by atoms with E-state index in [2.05, 4.69) is 59.4 Å². The lowest BCUT2D eigenvalue weighted by molar-refractivity contribution is 0.211. The molecule has 6 aromatic rings. The van der Waals surface area contributed by atoms with Gasteiger partial charge in [0.25, 0.3) is 0 Å². The zero-order chi connectivity index (χ0) is 31.5. The van der Waals surface area contributed by atoms with Crippen LogP contribution in [-0.4, -0.2) is 70.6 Å². The van der Waals surface area contributed by atoms with Crippen molar-refractivity contribution in [1.29, 1.82) is 5.26 Å². The number of hydrogen-bond donors (Lipinski definition) is 2. The number of fused-ring (bicyclic) bond motifs is 1. The van der Waals surface area contributed by atoms with E-state index >= 15 is 0 Å². The van der Waals surface area contributed by atoms with Gasteiger partial charge in [-0.2, -0.15) is 5.26 Å². The molecule has 1 saturated heterocycles. The van der Waals surface area contributed by atoms with Crippen molar-refractivity contribution >= 4 is 22.8 Å². The maximum Gasteiger partial charge on any atom is 0.234 e. The number of nitrogens with one attached hydrogen (secondary N) is 1. The summed E-state index contributed by atoms with van der Waals surface area (Å²) < 4.78 is 7.23. The van der Waals surface area contributed by atoms with Crippen LogP contribution in [0, 0.1) is 11.3 Å². The monoisotopic (exact) mass is 610 g/mol. The summed E-state index contributed by atoms with van der Waals surface area (Å²) in [7, 11) is 1.61. The standard InChI is InChI=1S/C33H30N12O/c1-46-24-6-7-25(39-19-24)26-8-9-27-32(41-26)45(33(42-27)30-31(35)38-15-14-37-30)23-4-2-21(3-5-23)20-44-16-11-22(12-17-44)40-28-10-13-36-29(18-34)43-28/h2-10,13-15,19,22H,11-12,16-17,20H2,1H3,(H2,35,38)(H,36,40,43). The van der Waals surface area contributed by atoms with Crippen molar-refractivity contribution in [3.05, 3.63) is 90.8 Å². The van der Waals surface area contributed by atoms with E-state index in [0.717, 1.165) is 38.2 Å². The molecule has 6 heterocycles. The van der Waals surface area contributed by atoms with Crippen molar-refractivity contribution in [3.8, 4) is 40.4 Å². The zero-order valence-corrected chi connectivity index (χ0v) is 25.1. The third kappa shape index (κ3) is 5.89. The van der Waals surface area contributed by atoms with Crippen LogP contribution < -0.4 is 15.8 Å². The van der Waals surface area contributed by atoms with Crippen molar-refractivity contribution < 1.29 is 4.74 Å². The highest BCUT2D eigenvalue weighted by atomic mass is 16.5. The molecule has 228 valence electrons. The van der Waals surface area contributed by atoms with E-state index in [1.807, 2.05) is 34.9 Å². The molecule has 13 nitrogen and oxygen atoms in total. The van der Waals surface area contributed by atoms with E-state index in [-0.39, 0.29) is 11.6 Å². The van der Waals surface area contributed by atoms with Crippen LogP contribution in [0.5, 0.6) is 5.75 Å². The molecule has 1 aliphatic rings. The number of likely N-dealkylation sites (tertiary alicyclic amines) is 1. The first-order valence-electron chi connectivity index (χ1n) is 14.9. The Morgan fingerprint density at radius 3 is 2.43 bits per heavy atom. The van der Waals surface area contributed by atoms with Crippen molar-refractivity contribution in [3.63, 3.8) is 0 Å². The number of hydrogen-bond acceptors (Lipinski definition) is 12. The van der Waals surface area contributed by atoms with Crippen molar-refractivity contribution in [2.45, 2.75) is 25.4 Å². The topological polar surface area (TPSA) is 169 Å². The van der Waals surface area contributed by atoms with Gasteiger partial charge in [0.05, 0.1) is 24.7 Å². The number of rotatable bonds is 8. The highest BCUT2D eigenvalue weighted by Gasteiger charge is 2.22. The first kappa shape index (κ1) is 28.8. The normalized spacial score (nSPS) is 13.8. The van der Waals surface area contributed by atoms with Crippen LogP contribution in [0.15, 0.2) is 79.4 Å². The number of piperidine rings is 1. The Bertz CT molecular complexity index is 2030. The van der Waals surface area contributed by atoms with Crippen LogP contribution in [0.4, 0.5) is 11.6 Å². The number of imidazole rings is 1. The molecule has 5 aromatic heterocycles. The van der Waals surface area contributed by atoms with Gasteiger partial charge in [-0.25, -0.2) is 29.9 Å². The van der Waals surface area contributed by atoms with E-state index < -0.39 is 0 Å². The molecule has 0 spiro atoms. The first-order valence-corrected chi connectivity index (χ1v) is 14.9. The summed E-state index contributed by atoms with van der Waals surface area (Å²) in [4.78, 5) is 33.8. The Balaban J connectivity index is 1.13. The number of nitrogens with zero attached hydrogens (tertiary/aromatic N) is 10. The number of ether oxygens (including phenoxy) is 1. The van der Waals surface area contributed by atoms with E-state index in [4.69, 9.17) is 25.7 Å². The van der Waals surface area contributed by atoms with Crippen molar-refractivity contribution in [1.82, 2.24) is 44.4 Å². The molecule has 1 aromatic carbocycles.